The molecule has 0 unspecified atom stereocenters. The van der Waals surface area contributed by atoms with Gasteiger partial charge in [0.15, 0.2) is 0 Å². The predicted octanol–water partition coefficient (Wildman–Crippen LogP) is 1.04. The maximum absolute atomic E-state index is 11.5. The molecule has 106 valence electrons. The van der Waals surface area contributed by atoms with Crippen molar-refractivity contribution in [3.8, 4) is 6.07 Å². The number of hydrogen-bond acceptors (Lipinski definition) is 5. The lowest BCUT2D eigenvalue weighted by Crippen LogP contribution is -2.30. The second-order valence-electron chi connectivity index (χ2n) is 4.07. The zero-order valence-electron chi connectivity index (χ0n) is 11.3. The van der Waals surface area contributed by atoms with Crippen LogP contribution in [0.25, 0.3) is 0 Å². The smallest absolute Gasteiger partial charge is 0.305 e. The summed E-state index contributed by atoms with van der Waals surface area (Å²) < 4.78 is 4.49. The normalized spacial score (nSPS) is 9.40. The van der Waals surface area contributed by atoms with Gasteiger partial charge in [0.2, 0.25) is 5.91 Å². The zero-order valence-corrected chi connectivity index (χ0v) is 11.3. The molecule has 0 fully saturated rings. The molecule has 20 heavy (non-hydrogen) atoms. The quantitative estimate of drug-likeness (QED) is 0.573. The first-order valence-corrected chi connectivity index (χ1v) is 6.23. The third-order valence-corrected chi connectivity index (χ3v) is 2.57. The maximum atomic E-state index is 11.5. The lowest BCUT2D eigenvalue weighted by Gasteiger charge is -2.07. The Morgan fingerprint density at radius 1 is 1.30 bits per heavy atom. The molecular weight excluding hydrogens is 258 g/mol. The van der Waals surface area contributed by atoms with Crippen LogP contribution in [-0.2, 0) is 14.3 Å². The van der Waals surface area contributed by atoms with Gasteiger partial charge in [0, 0.05) is 18.7 Å². The Morgan fingerprint density at radius 2 is 2.00 bits per heavy atom. The van der Waals surface area contributed by atoms with E-state index in [4.69, 9.17) is 5.26 Å². The van der Waals surface area contributed by atoms with E-state index in [0.29, 0.717) is 24.9 Å². The summed E-state index contributed by atoms with van der Waals surface area (Å²) in [6.45, 7) is 0.576. The standard InChI is InChI=1S/C14H17N3O3/c1-20-14(19)3-2-8-16-13(18)10-17-12-6-4-11(9-15)5-7-12/h4-7,17H,2-3,8,10H2,1H3,(H,16,18). The number of nitrogens with one attached hydrogen (secondary N) is 2. The van der Waals surface area contributed by atoms with E-state index >= 15 is 0 Å². The van der Waals surface area contributed by atoms with Crippen molar-refractivity contribution >= 4 is 17.6 Å². The molecule has 6 nitrogen and oxygen atoms in total. The molecule has 0 aliphatic carbocycles. The third-order valence-electron chi connectivity index (χ3n) is 2.57. The van der Waals surface area contributed by atoms with E-state index in [1.165, 1.54) is 7.11 Å². The van der Waals surface area contributed by atoms with Crippen LogP contribution < -0.4 is 10.6 Å². The van der Waals surface area contributed by atoms with Crippen molar-refractivity contribution in [2.45, 2.75) is 12.8 Å². The lowest BCUT2D eigenvalue weighted by atomic mass is 10.2. The Bertz CT molecular complexity index is 491. The number of rotatable bonds is 7. The number of ether oxygens (including phenoxy) is 1. The molecule has 0 radical (unpaired) electrons. The molecule has 6 heteroatoms. The summed E-state index contributed by atoms with van der Waals surface area (Å²) in [7, 11) is 1.34. The van der Waals surface area contributed by atoms with Crippen LogP contribution in [0.3, 0.4) is 0 Å². The fourth-order valence-electron chi connectivity index (χ4n) is 1.47. The van der Waals surface area contributed by atoms with Gasteiger partial charge in [-0.2, -0.15) is 5.26 Å². The Morgan fingerprint density at radius 3 is 2.60 bits per heavy atom. The van der Waals surface area contributed by atoms with Crippen LogP contribution in [-0.4, -0.2) is 32.1 Å². The first kappa shape index (κ1) is 15.5. The van der Waals surface area contributed by atoms with Crippen LogP contribution in [0.1, 0.15) is 18.4 Å². The average molecular weight is 275 g/mol. The SMILES string of the molecule is COC(=O)CCCNC(=O)CNc1ccc(C#N)cc1. The summed E-state index contributed by atoms with van der Waals surface area (Å²) in [5.41, 5.74) is 1.34. The van der Waals surface area contributed by atoms with Crippen LogP contribution in [0.2, 0.25) is 0 Å². The molecule has 0 aliphatic heterocycles. The van der Waals surface area contributed by atoms with Gasteiger partial charge in [0.1, 0.15) is 0 Å². The summed E-state index contributed by atoms with van der Waals surface area (Å²) in [4.78, 5) is 22.4. The van der Waals surface area contributed by atoms with Crippen molar-refractivity contribution in [2.24, 2.45) is 0 Å². The highest BCUT2D eigenvalue weighted by Crippen LogP contribution is 2.07. The van der Waals surface area contributed by atoms with Crippen LogP contribution >= 0.6 is 0 Å². The first-order valence-electron chi connectivity index (χ1n) is 6.23. The molecule has 1 rings (SSSR count). The summed E-state index contributed by atoms with van der Waals surface area (Å²) >= 11 is 0. The predicted molar refractivity (Wildman–Crippen MR) is 73.9 cm³/mol. The molecule has 0 spiro atoms. The molecule has 0 saturated heterocycles. The molecule has 0 saturated carbocycles. The fraction of sp³-hybridized carbons (Fsp3) is 0.357. The molecule has 0 atom stereocenters. The van der Waals surface area contributed by atoms with Gasteiger partial charge in [-0.1, -0.05) is 0 Å². The molecule has 2 N–H and O–H groups in total. The summed E-state index contributed by atoms with van der Waals surface area (Å²) in [6.07, 6.45) is 0.842. The molecule has 0 aliphatic rings. The fourth-order valence-corrected chi connectivity index (χ4v) is 1.47. The number of nitriles is 1. The molecule has 1 amide bonds. The summed E-state index contributed by atoms with van der Waals surface area (Å²) in [5, 5.41) is 14.3. The number of nitrogens with zero attached hydrogens (tertiary/aromatic N) is 1. The lowest BCUT2D eigenvalue weighted by molar-refractivity contribution is -0.140. The van der Waals surface area contributed by atoms with Crippen LogP contribution in [0.5, 0.6) is 0 Å². The number of benzene rings is 1. The second-order valence-corrected chi connectivity index (χ2v) is 4.07. The number of carbonyl (C=O) groups is 2. The number of amides is 1. The van der Waals surface area contributed by atoms with Gasteiger partial charge in [-0.25, -0.2) is 0 Å². The average Bonchev–Trinajstić information content (AvgIpc) is 2.49. The van der Waals surface area contributed by atoms with Gasteiger partial charge < -0.3 is 15.4 Å². The van der Waals surface area contributed by atoms with Gasteiger partial charge in [0.25, 0.3) is 0 Å². The summed E-state index contributed by atoms with van der Waals surface area (Å²) in [5.74, 6) is -0.436. The number of methoxy groups -OCH3 is 1. The first-order chi connectivity index (χ1) is 9.65. The monoisotopic (exact) mass is 275 g/mol. The molecule has 1 aromatic carbocycles. The van der Waals surface area contributed by atoms with E-state index < -0.39 is 0 Å². The van der Waals surface area contributed by atoms with E-state index in [9.17, 15) is 9.59 Å². The molecule has 0 bridgehead atoms. The van der Waals surface area contributed by atoms with Crippen LogP contribution in [0, 0.1) is 11.3 Å². The molecule has 0 aromatic heterocycles. The van der Waals surface area contributed by atoms with E-state index in [0.717, 1.165) is 5.69 Å². The minimum atomic E-state index is -0.282. The van der Waals surface area contributed by atoms with Gasteiger partial charge in [0.05, 0.1) is 25.3 Å². The van der Waals surface area contributed by atoms with E-state index in [2.05, 4.69) is 15.4 Å². The summed E-state index contributed by atoms with van der Waals surface area (Å²) in [6, 6.07) is 8.86. The molecule has 1 aromatic rings. The van der Waals surface area contributed by atoms with Crippen LogP contribution in [0.15, 0.2) is 24.3 Å². The van der Waals surface area contributed by atoms with E-state index in [1.807, 2.05) is 6.07 Å². The van der Waals surface area contributed by atoms with Gasteiger partial charge in [-0.05, 0) is 30.7 Å². The van der Waals surface area contributed by atoms with Gasteiger partial charge >= 0.3 is 5.97 Å². The highest BCUT2D eigenvalue weighted by Gasteiger charge is 2.03. The van der Waals surface area contributed by atoms with Crippen molar-refractivity contribution in [3.63, 3.8) is 0 Å². The zero-order chi connectivity index (χ0) is 14.8. The Balaban J connectivity index is 2.19. The van der Waals surface area contributed by atoms with Crippen molar-refractivity contribution in [2.75, 3.05) is 25.5 Å². The largest absolute Gasteiger partial charge is 0.469 e. The minimum absolute atomic E-state index is 0.143. The molecular formula is C14H17N3O3. The highest BCUT2D eigenvalue weighted by atomic mass is 16.5. The number of carbonyl (C=O) groups excluding carboxylic acids is 2. The maximum Gasteiger partial charge on any atom is 0.305 e. The number of esters is 1. The third kappa shape index (κ3) is 5.87. The Hall–Kier alpha value is -2.55. The second kappa shape index (κ2) is 8.53. The Kier molecular flexibility index (Phi) is 6.62. The van der Waals surface area contributed by atoms with Crippen molar-refractivity contribution in [1.29, 1.82) is 5.26 Å². The molecule has 0 heterocycles. The topological polar surface area (TPSA) is 91.2 Å². The van der Waals surface area contributed by atoms with E-state index in [-0.39, 0.29) is 18.4 Å². The number of hydrogen-bond donors (Lipinski definition) is 2. The van der Waals surface area contributed by atoms with Crippen molar-refractivity contribution in [3.05, 3.63) is 29.8 Å². The Labute approximate surface area is 117 Å². The minimum Gasteiger partial charge on any atom is -0.469 e. The van der Waals surface area contributed by atoms with E-state index in [1.54, 1.807) is 24.3 Å². The van der Waals surface area contributed by atoms with Crippen molar-refractivity contribution in [1.82, 2.24) is 5.32 Å². The van der Waals surface area contributed by atoms with Crippen molar-refractivity contribution < 1.29 is 14.3 Å². The van der Waals surface area contributed by atoms with Gasteiger partial charge in [-0.3, -0.25) is 9.59 Å². The van der Waals surface area contributed by atoms with Gasteiger partial charge in [-0.15, -0.1) is 0 Å². The van der Waals surface area contributed by atoms with Crippen LogP contribution in [0.4, 0.5) is 5.69 Å². The number of anilines is 1. The highest BCUT2D eigenvalue weighted by molar-refractivity contribution is 5.80.